The third-order valence-corrected chi connectivity index (χ3v) is 5.68. The topological polar surface area (TPSA) is 77.6 Å². The van der Waals surface area contributed by atoms with Gasteiger partial charge in [-0.2, -0.15) is 5.10 Å². The van der Waals surface area contributed by atoms with Gasteiger partial charge < -0.3 is 9.88 Å². The van der Waals surface area contributed by atoms with Crippen LogP contribution in [-0.4, -0.2) is 30.2 Å². The van der Waals surface area contributed by atoms with Crippen LogP contribution in [0.2, 0.25) is 0 Å². The van der Waals surface area contributed by atoms with Crippen LogP contribution in [0, 0.1) is 6.92 Å². The first-order chi connectivity index (χ1) is 13.9. The van der Waals surface area contributed by atoms with Crippen LogP contribution < -0.4 is 5.32 Å². The second kappa shape index (κ2) is 7.71. The predicted molar refractivity (Wildman–Crippen MR) is 114 cm³/mol. The number of carbonyl (C=O) groups is 1. The Morgan fingerprint density at radius 1 is 1.21 bits per heavy atom. The van der Waals surface area contributed by atoms with E-state index in [1.807, 2.05) is 59.7 Å². The number of nitrogens with zero attached hydrogens (tertiary/aromatic N) is 5. The van der Waals surface area contributed by atoms with Crippen molar-refractivity contribution in [2.24, 2.45) is 7.05 Å². The molecule has 0 atom stereocenters. The average molecular weight is 407 g/mol. The molecule has 148 valence electrons. The first kappa shape index (κ1) is 19.2. The van der Waals surface area contributed by atoms with Crippen molar-refractivity contribution in [3.8, 4) is 0 Å². The number of fused-ring (bicyclic) bond motifs is 1. The summed E-state index contributed by atoms with van der Waals surface area (Å²) in [6.07, 6.45) is 5.44. The minimum Gasteiger partial charge on any atom is -0.329 e. The smallest absolute Gasteiger partial charge is 0.257 e. The molecule has 0 saturated carbocycles. The maximum atomic E-state index is 12.8. The number of hydrogen-bond acceptors (Lipinski definition) is 5. The number of aryl methyl sites for hydroxylation is 2. The Labute approximate surface area is 173 Å². The highest BCUT2D eigenvalue weighted by atomic mass is 32.2. The number of benzene rings is 1. The fraction of sp³-hybridized carbons (Fsp3) is 0.238. The predicted octanol–water partition coefficient (Wildman–Crippen LogP) is 4.46. The molecule has 3 aromatic heterocycles. The molecule has 0 bridgehead atoms. The Morgan fingerprint density at radius 2 is 1.97 bits per heavy atom. The van der Waals surface area contributed by atoms with Crippen LogP contribution in [0.4, 0.5) is 5.69 Å². The van der Waals surface area contributed by atoms with E-state index in [1.54, 1.807) is 24.2 Å². The van der Waals surface area contributed by atoms with Gasteiger partial charge in [0.1, 0.15) is 0 Å². The number of carbonyl (C=O) groups excluding carboxylic acids is 1. The molecule has 1 amide bonds. The molecule has 29 heavy (non-hydrogen) atoms. The second-order valence-corrected chi connectivity index (χ2v) is 8.16. The highest BCUT2D eigenvalue weighted by Crippen LogP contribution is 2.27. The number of pyridine rings is 1. The first-order valence-electron chi connectivity index (χ1n) is 9.34. The van der Waals surface area contributed by atoms with E-state index < -0.39 is 0 Å². The quantitative estimate of drug-likeness (QED) is 0.529. The van der Waals surface area contributed by atoms with Gasteiger partial charge in [-0.3, -0.25) is 4.79 Å². The van der Waals surface area contributed by atoms with Crippen molar-refractivity contribution in [3.63, 3.8) is 0 Å². The fourth-order valence-corrected chi connectivity index (χ4v) is 3.84. The third-order valence-electron chi connectivity index (χ3n) is 4.59. The van der Waals surface area contributed by atoms with Crippen LogP contribution in [0.25, 0.3) is 11.0 Å². The Bertz CT molecular complexity index is 1180. The molecule has 4 rings (SSSR count). The fourth-order valence-electron chi connectivity index (χ4n) is 3.03. The summed E-state index contributed by atoms with van der Waals surface area (Å²) < 4.78 is 3.83. The summed E-state index contributed by atoms with van der Waals surface area (Å²) in [4.78, 5) is 22.8. The summed E-state index contributed by atoms with van der Waals surface area (Å²) in [5.74, 6) is -0.182. The summed E-state index contributed by atoms with van der Waals surface area (Å²) in [6.45, 7) is 5.96. The van der Waals surface area contributed by atoms with Crippen LogP contribution in [0.15, 0.2) is 59.0 Å². The average Bonchev–Trinajstić information content (AvgIpc) is 3.28. The van der Waals surface area contributed by atoms with Gasteiger partial charge >= 0.3 is 0 Å². The number of nitrogens with one attached hydrogen (secondary N) is 1. The summed E-state index contributed by atoms with van der Waals surface area (Å²) in [5.41, 5.74) is 2.76. The van der Waals surface area contributed by atoms with E-state index in [1.165, 1.54) is 0 Å². The Hall–Kier alpha value is -3.13. The maximum Gasteiger partial charge on any atom is 0.257 e. The first-order valence-corrected chi connectivity index (χ1v) is 10.2. The van der Waals surface area contributed by atoms with Gasteiger partial charge in [-0.05, 0) is 51.1 Å². The molecule has 8 heteroatoms. The number of anilines is 1. The van der Waals surface area contributed by atoms with E-state index in [-0.39, 0.29) is 11.9 Å². The van der Waals surface area contributed by atoms with Gasteiger partial charge in [0.2, 0.25) is 0 Å². The molecule has 0 unspecified atom stereocenters. The number of rotatable bonds is 5. The zero-order valence-corrected chi connectivity index (χ0v) is 17.6. The summed E-state index contributed by atoms with van der Waals surface area (Å²) in [7, 11) is 1.96. The molecule has 0 saturated heterocycles. The molecule has 0 aliphatic heterocycles. The minimum atomic E-state index is -0.182. The van der Waals surface area contributed by atoms with Crippen LogP contribution in [0.1, 0.15) is 35.9 Å². The third kappa shape index (κ3) is 3.88. The van der Waals surface area contributed by atoms with E-state index in [9.17, 15) is 4.79 Å². The van der Waals surface area contributed by atoms with Gasteiger partial charge in [-0.15, -0.1) is 0 Å². The standard InChI is InChI=1S/C21H22N6OS/c1-13(2)27-19-15(12-23-27)11-18(14(3)24-19)20(28)25-16-5-7-17(8-6-16)29-21-22-9-10-26(21)4/h5-13H,1-4H3,(H,25,28). The van der Waals surface area contributed by atoms with Crippen molar-refractivity contribution < 1.29 is 4.79 Å². The highest BCUT2D eigenvalue weighted by Gasteiger charge is 2.15. The van der Waals surface area contributed by atoms with E-state index >= 15 is 0 Å². The lowest BCUT2D eigenvalue weighted by Gasteiger charge is -2.10. The van der Waals surface area contributed by atoms with Crippen LogP contribution in [0.5, 0.6) is 0 Å². The summed E-state index contributed by atoms with van der Waals surface area (Å²) in [6, 6.07) is 9.78. The largest absolute Gasteiger partial charge is 0.329 e. The van der Waals surface area contributed by atoms with Crippen LogP contribution >= 0.6 is 11.8 Å². The molecule has 7 nitrogen and oxygen atoms in total. The lowest BCUT2D eigenvalue weighted by atomic mass is 10.1. The van der Waals surface area contributed by atoms with Crippen molar-refractivity contribution in [2.45, 2.75) is 36.9 Å². The molecule has 0 fully saturated rings. The van der Waals surface area contributed by atoms with E-state index in [2.05, 4.69) is 34.2 Å². The van der Waals surface area contributed by atoms with Crippen molar-refractivity contribution in [1.82, 2.24) is 24.3 Å². The summed E-state index contributed by atoms with van der Waals surface area (Å²) in [5, 5.41) is 9.11. The van der Waals surface area contributed by atoms with Gasteiger partial charge in [0, 0.05) is 41.5 Å². The minimum absolute atomic E-state index is 0.182. The molecule has 1 aromatic carbocycles. The second-order valence-electron chi connectivity index (χ2n) is 7.12. The summed E-state index contributed by atoms with van der Waals surface area (Å²) >= 11 is 1.57. The van der Waals surface area contributed by atoms with Crippen LogP contribution in [-0.2, 0) is 7.05 Å². The van der Waals surface area contributed by atoms with Crippen LogP contribution in [0.3, 0.4) is 0 Å². The molecule has 3 heterocycles. The zero-order chi connectivity index (χ0) is 20.5. The zero-order valence-electron chi connectivity index (χ0n) is 16.7. The number of amides is 1. The molecular weight excluding hydrogens is 384 g/mol. The van der Waals surface area contributed by atoms with E-state index in [0.29, 0.717) is 11.3 Å². The lowest BCUT2D eigenvalue weighted by molar-refractivity contribution is 0.102. The molecule has 0 spiro atoms. The van der Waals surface area contributed by atoms with Gasteiger partial charge in [0.25, 0.3) is 5.91 Å². The van der Waals surface area contributed by atoms with E-state index in [0.717, 1.165) is 26.8 Å². The monoisotopic (exact) mass is 406 g/mol. The van der Waals surface area contributed by atoms with Gasteiger partial charge in [-0.1, -0.05) is 11.8 Å². The molecule has 0 aliphatic carbocycles. The van der Waals surface area contributed by atoms with Crippen molar-refractivity contribution in [1.29, 1.82) is 0 Å². The Balaban J connectivity index is 1.52. The molecule has 0 radical (unpaired) electrons. The van der Waals surface area contributed by atoms with Gasteiger partial charge in [-0.25, -0.2) is 14.6 Å². The number of imidazole rings is 1. The lowest BCUT2D eigenvalue weighted by Crippen LogP contribution is -2.14. The SMILES string of the molecule is Cc1nc2c(cnn2C(C)C)cc1C(=O)Nc1ccc(Sc2nccn2C)cc1. The molecule has 4 aromatic rings. The number of aromatic nitrogens is 5. The number of hydrogen-bond donors (Lipinski definition) is 1. The molecular formula is C21H22N6OS. The van der Waals surface area contributed by atoms with Crippen molar-refractivity contribution in [3.05, 3.63) is 60.2 Å². The van der Waals surface area contributed by atoms with E-state index in [4.69, 9.17) is 0 Å². The normalized spacial score (nSPS) is 11.3. The highest BCUT2D eigenvalue weighted by molar-refractivity contribution is 7.99. The molecule has 1 N–H and O–H groups in total. The van der Waals surface area contributed by atoms with Gasteiger partial charge in [0.15, 0.2) is 10.8 Å². The maximum absolute atomic E-state index is 12.8. The Kier molecular flexibility index (Phi) is 5.10. The van der Waals surface area contributed by atoms with Crippen molar-refractivity contribution >= 4 is 34.4 Å². The van der Waals surface area contributed by atoms with Crippen molar-refractivity contribution in [2.75, 3.05) is 5.32 Å². The molecule has 0 aliphatic rings. The Morgan fingerprint density at radius 3 is 2.62 bits per heavy atom. The van der Waals surface area contributed by atoms with Gasteiger partial charge in [0.05, 0.1) is 17.5 Å².